The summed E-state index contributed by atoms with van der Waals surface area (Å²) in [7, 11) is 0. The molecule has 0 spiro atoms. The second-order valence-electron chi connectivity index (χ2n) is 8.52. The third-order valence-corrected chi connectivity index (χ3v) is 6.10. The summed E-state index contributed by atoms with van der Waals surface area (Å²) < 4.78 is 5.36. The lowest BCUT2D eigenvalue weighted by Crippen LogP contribution is -2.38. The van der Waals surface area contributed by atoms with E-state index in [1.807, 2.05) is 59.5 Å². The Morgan fingerprint density at radius 3 is 2.58 bits per heavy atom. The molecule has 0 aliphatic carbocycles. The Hall–Kier alpha value is -4.31. The number of para-hydroxylation sites is 1. The van der Waals surface area contributed by atoms with E-state index in [0.29, 0.717) is 60.8 Å². The number of ether oxygens (including phenoxy) is 1. The number of benzene rings is 2. The van der Waals surface area contributed by atoms with Gasteiger partial charge in [-0.05, 0) is 25.5 Å². The molecule has 1 amide bonds. The van der Waals surface area contributed by atoms with Gasteiger partial charge in [-0.15, -0.1) is 0 Å². The fourth-order valence-electron chi connectivity index (χ4n) is 4.16. The second kappa shape index (κ2) is 10.5. The summed E-state index contributed by atoms with van der Waals surface area (Å²) in [6.45, 7) is 4.38. The molecule has 0 atom stereocenters. The van der Waals surface area contributed by atoms with Crippen molar-refractivity contribution in [2.24, 2.45) is 0 Å². The van der Waals surface area contributed by atoms with E-state index in [4.69, 9.17) is 4.74 Å². The zero-order chi connectivity index (χ0) is 24.9. The Kier molecular flexibility index (Phi) is 6.85. The van der Waals surface area contributed by atoms with Crippen LogP contribution in [-0.4, -0.2) is 57.4 Å². The molecule has 1 aliphatic rings. The van der Waals surface area contributed by atoms with Crippen LogP contribution in [0.2, 0.25) is 0 Å². The number of hydrogen-bond donors (Lipinski definition) is 3. The van der Waals surface area contributed by atoms with E-state index in [0.717, 1.165) is 11.1 Å². The van der Waals surface area contributed by atoms with E-state index in [2.05, 4.69) is 30.5 Å². The summed E-state index contributed by atoms with van der Waals surface area (Å²) in [6, 6.07) is 17.1. The van der Waals surface area contributed by atoms with Crippen molar-refractivity contribution in [1.82, 2.24) is 25.1 Å². The molecule has 1 aliphatic heterocycles. The van der Waals surface area contributed by atoms with Crippen LogP contribution in [0, 0.1) is 6.92 Å². The number of nitrogens with zero attached hydrogens (tertiary/aromatic N) is 4. The molecule has 1 fully saturated rings. The first-order valence-electron chi connectivity index (χ1n) is 11.9. The smallest absolute Gasteiger partial charge is 0.255 e. The number of carbonyl (C=O) groups excluding carboxylic acids is 1. The minimum absolute atomic E-state index is 0.141. The van der Waals surface area contributed by atoms with E-state index in [1.54, 1.807) is 6.92 Å². The lowest BCUT2D eigenvalue weighted by Gasteiger charge is -2.27. The molecule has 1 saturated heterocycles. The molecule has 5 rings (SSSR count). The van der Waals surface area contributed by atoms with Crippen LogP contribution in [0.1, 0.15) is 17.7 Å². The Morgan fingerprint density at radius 2 is 1.81 bits per heavy atom. The van der Waals surface area contributed by atoms with Gasteiger partial charge in [0.05, 0.1) is 18.9 Å². The number of anilines is 2. The fourth-order valence-corrected chi connectivity index (χ4v) is 4.16. The SMILES string of the molecule is Cc1nc(N2CCOCC2)[nH]c(=O)c1CCC(=O)Nc1ccccc1-c1nc(-c2ccccc2)n[nH]1. The Bertz CT molecular complexity index is 1410. The first-order chi connectivity index (χ1) is 17.6. The van der Waals surface area contributed by atoms with Crippen molar-refractivity contribution < 1.29 is 9.53 Å². The monoisotopic (exact) mass is 485 g/mol. The van der Waals surface area contributed by atoms with Crippen LogP contribution in [0.3, 0.4) is 0 Å². The summed E-state index contributed by atoms with van der Waals surface area (Å²) in [5.41, 5.74) is 3.17. The predicted octanol–water partition coefficient (Wildman–Crippen LogP) is 2.94. The molecular weight excluding hydrogens is 458 g/mol. The summed E-state index contributed by atoms with van der Waals surface area (Å²) >= 11 is 0. The van der Waals surface area contributed by atoms with E-state index >= 15 is 0 Å². The van der Waals surface area contributed by atoms with Crippen molar-refractivity contribution in [3.8, 4) is 22.8 Å². The van der Waals surface area contributed by atoms with Crippen molar-refractivity contribution in [2.75, 3.05) is 36.5 Å². The molecule has 3 heterocycles. The highest BCUT2D eigenvalue weighted by Gasteiger charge is 2.18. The first kappa shape index (κ1) is 23.4. The summed E-state index contributed by atoms with van der Waals surface area (Å²) in [5.74, 6) is 1.47. The molecule has 10 nitrogen and oxygen atoms in total. The highest BCUT2D eigenvalue weighted by atomic mass is 16.5. The summed E-state index contributed by atoms with van der Waals surface area (Å²) in [6.07, 6.45) is 0.425. The van der Waals surface area contributed by atoms with Crippen molar-refractivity contribution >= 4 is 17.5 Å². The van der Waals surface area contributed by atoms with Crippen molar-refractivity contribution in [3.05, 3.63) is 76.2 Å². The fraction of sp³-hybridized carbons (Fsp3) is 0.269. The maximum atomic E-state index is 12.8. The van der Waals surface area contributed by atoms with Gasteiger partial charge in [0.2, 0.25) is 11.9 Å². The first-order valence-corrected chi connectivity index (χ1v) is 11.9. The van der Waals surface area contributed by atoms with Gasteiger partial charge in [0, 0.05) is 41.9 Å². The molecule has 3 N–H and O–H groups in total. The third kappa shape index (κ3) is 5.18. The van der Waals surface area contributed by atoms with Crippen molar-refractivity contribution in [2.45, 2.75) is 19.8 Å². The lowest BCUT2D eigenvalue weighted by atomic mass is 10.1. The van der Waals surface area contributed by atoms with Gasteiger partial charge in [0.15, 0.2) is 11.6 Å². The molecule has 36 heavy (non-hydrogen) atoms. The molecule has 2 aromatic heterocycles. The molecule has 0 saturated carbocycles. The number of hydrogen-bond acceptors (Lipinski definition) is 7. The summed E-state index contributed by atoms with van der Waals surface area (Å²) in [5, 5.41) is 10.2. The number of nitrogens with one attached hydrogen (secondary N) is 3. The average Bonchev–Trinajstić information content (AvgIpc) is 3.40. The maximum Gasteiger partial charge on any atom is 0.255 e. The number of rotatable bonds is 7. The van der Waals surface area contributed by atoms with E-state index in [9.17, 15) is 9.59 Å². The van der Waals surface area contributed by atoms with Crippen LogP contribution < -0.4 is 15.8 Å². The lowest BCUT2D eigenvalue weighted by molar-refractivity contribution is -0.116. The van der Waals surface area contributed by atoms with Gasteiger partial charge < -0.3 is 15.0 Å². The molecule has 10 heteroatoms. The highest BCUT2D eigenvalue weighted by molar-refractivity contribution is 5.94. The van der Waals surface area contributed by atoms with Gasteiger partial charge >= 0.3 is 0 Å². The van der Waals surface area contributed by atoms with Crippen LogP contribution >= 0.6 is 0 Å². The number of carbonyl (C=O) groups is 1. The van der Waals surface area contributed by atoms with Gasteiger partial charge in [-0.2, -0.15) is 5.10 Å². The predicted molar refractivity (Wildman–Crippen MR) is 137 cm³/mol. The minimum atomic E-state index is -0.215. The molecule has 0 bridgehead atoms. The van der Waals surface area contributed by atoms with Crippen LogP contribution in [0.25, 0.3) is 22.8 Å². The number of aromatic nitrogens is 5. The van der Waals surface area contributed by atoms with Crippen molar-refractivity contribution in [1.29, 1.82) is 0 Å². The Labute approximate surface area is 207 Å². The molecule has 2 aromatic carbocycles. The number of aromatic amines is 2. The standard InChI is InChI=1S/C26H27N7O3/c1-17-19(25(35)30-26(27-17)33-13-15-36-16-14-33)11-12-22(34)28-21-10-6-5-9-20(21)24-29-23(31-32-24)18-7-3-2-4-8-18/h2-10H,11-16H2,1H3,(H,28,34)(H,27,30,35)(H,29,31,32). The molecule has 184 valence electrons. The van der Waals surface area contributed by atoms with Crippen LogP contribution in [-0.2, 0) is 16.0 Å². The van der Waals surface area contributed by atoms with Gasteiger partial charge in [-0.25, -0.2) is 9.97 Å². The molecule has 0 unspecified atom stereocenters. The average molecular weight is 486 g/mol. The van der Waals surface area contributed by atoms with E-state index in [1.165, 1.54) is 0 Å². The Morgan fingerprint density at radius 1 is 1.06 bits per heavy atom. The Balaban J connectivity index is 1.27. The number of morpholine rings is 1. The zero-order valence-electron chi connectivity index (χ0n) is 20.0. The number of aryl methyl sites for hydroxylation is 1. The van der Waals surface area contributed by atoms with Gasteiger partial charge in [-0.1, -0.05) is 42.5 Å². The molecular formula is C26H27N7O3. The largest absolute Gasteiger partial charge is 0.378 e. The summed E-state index contributed by atoms with van der Waals surface area (Å²) in [4.78, 5) is 39.6. The van der Waals surface area contributed by atoms with Gasteiger partial charge in [-0.3, -0.25) is 19.7 Å². The zero-order valence-corrected chi connectivity index (χ0v) is 20.0. The number of H-pyrrole nitrogens is 2. The van der Waals surface area contributed by atoms with Crippen LogP contribution in [0.4, 0.5) is 11.6 Å². The minimum Gasteiger partial charge on any atom is -0.378 e. The normalized spacial score (nSPS) is 13.5. The quantitative estimate of drug-likeness (QED) is 0.367. The van der Waals surface area contributed by atoms with Gasteiger partial charge in [0.25, 0.3) is 5.56 Å². The topological polar surface area (TPSA) is 129 Å². The number of amides is 1. The van der Waals surface area contributed by atoms with Crippen molar-refractivity contribution in [3.63, 3.8) is 0 Å². The van der Waals surface area contributed by atoms with Crippen LogP contribution in [0.5, 0.6) is 0 Å². The van der Waals surface area contributed by atoms with Gasteiger partial charge in [0.1, 0.15) is 0 Å². The van der Waals surface area contributed by atoms with E-state index in [-0.39, 0.29) is 24.3 Å². The second-order valence-corrected chi connectivity index (χ2v) is 8.52. The highest BCUT2D eigenvalue weighted by Crippen LogP contribution is 2.27. The van der Waals surface area contributed by atoms with Crippen LogP contribution in [0.15, 0.2) is 59.4 Å². The molecule has 0 radical (unpaired) electrons. The van der Waals surface area contributed by atoms with E-state index < -0.39 is 0 Å². The maximum absolute atomic E-state index is 12.8. The third-order valence-electron chi connectivity index (χ3n) is 6.10. The molecule has 4 aromatic rings.